The molecule has 0 amide bonds. The highest BCUT2D eigenvalue weighted by Gasteiger charge is 2.17. The van der Waals surface area contributed by atoms with Crippen molar-refractivity contribution < 1.29 is 40.9 Å². The summed E-state index contributed by atoms with van der Waals surface area (Å²) in [5.41, 5.74) is 3.46. The van der Waals surface area contributed by atoms with E-state index >= 15 is 0 Å². The van der Waals surface area contributed by atoms with Crippen LogP contribution < -0.4 is 0 Å². The van der Waals surface area contributed by atoms with Crippen LogP contribution in [0.1, 0.15) is 145 Å². The van der Waals surface area contributed by atoms with Crippen LogP contribution in [0.25, 0.3) is 12.2 Å². The molecule has 8 N–H and O–H groups in total. The Labute approximate surface area is 369 Å². The quantitative estimate of drug-likeness (QED) is 0.0782. The van der Waals surface area contributed by atoms with Crippen LogP contribution in [-0.4, -0.2) is 79.5 Å². The van der Waals surface area contributed by atoms with Crippen molar-refractivity contribution in [2.45, 2.75) is 135 Å². The van der Waals surface area contributed by atoms with Crippen molar-refractivity contribution in [1.82, 2.24) is 0 Å². The lowest BCUT2D eigenvalue weighted by Gasteiger charge is -2.15. The van der Waals surface area contributed by atoms with E-state index in [9.17, 15) is 10.2 Å². The van der Waals surface area contributed by atoms with Crippen molar-refractivity contribution >= 4 is 12.2 Å². The number of hydrogen-bond donors (Lipinski definition) is 8. The summed E-state index contributed by atoms with van der Waals surface area (Å²) < 4.78 is 0. The average Bonchev–Trinajstić information content (AvgIpc) is 3.38. The molecule has 8 heteroatoms. The van der Waals surface area contributed by atoms with Crippen molar-refractivity contribution in [3.8, 4) is 0 Å². The van der Waals surface area contributed by atoms with E-state index in [-0.39, 0.29) is 13.2 Å². The summed E-state index contributed by atoms with van der Waals surface area (Å²) in [6.07, 6.45) is 3.00. The highest BCUT2D eigenvalue weighted by molar-refractivity contribution is 5.49. The number of aliphatic hydroxyl groups is 8. The van der Waals surface area contributed by atoms with Gasteiger partial charge in [-0.3, -0.25) is 0 Å². The van der Waals surface area contributed by atoms with Gasteiger partial charge in [-0.15, -0.1) is 0 Å². The first-order chi connectivity index (χ1) is 29.4. The third-order valence-electron chi connectivity index (χ3n) is 5.82. The van der Waals surface area contributed by atoms with Gasteiger partial charge in [0.25, 0.3) is 0 Å². The molecule has 4 atom stereocenters. The van der Waals surface area contributed by atoms with E-state index < -0.39 is 37.6 Å². The number of benzene rings is 4. The van der Waals surface area contributed by atoms with Gasteiger partial charge in [-0.05, 0) is 22.3 Å². The fourth-order valence-electron chi connectivity index (χ4n) is 3.45. The molecule has 4 unspecified atom stereocenters. The molecule has 0 saturated carbocycles. The fourth-order valence-corrected chi connectivity index (χ4v) is 3.45. The third-order valence-corrected chi connectivity index (χ3v) is 5.82. The van der Waals surface area contributed by atoms with Crippen molar-refractivity contribution in [3.63, 3.8) is 0 Å². The molecule has 4 aromatic rings. The maximum atomic E-state index is 9.38. The highest BCUT2D eigenvalue weighted by atomic mass is 16.4. The molecule has 0 aliphatic carbocycles. The van der Waals surface area contributed by atoms with Gasteiger partial charge in [0.15, 0.2) is 0 Å². The van der Waals surface area contributed by atoms with Crippen LogP contribution in [0.4, 0.5) is 0 Å². The molecule has 348 valence electrons. The van der Waals surface area contributed by atoms with E-state index in [2.05, 4.69) is 0 Å². The minimum atomic E-state index is -1.10. The number of rotatable bonds is 10. The highest BCUT2D eigenvalue weighted by Crippen LogP contribution is 2.16. The van der Waals surface area contributed by atoms with Crippen molar-refractivity contribution in [1.29, 1.82) is 0 Å². The zero-order valence-electron chi connectivity index (χ0n) is 40.6. The van der Waals surface area contributed by atoms with Gasteiger partial charge in [-0.1, -0.05) is 256 Å². The van der Waals surface area contributed by atoms with E-state index in [1.165, 1.54) is 0 Å². The monoisotopic (exact) mass is 845 g/mol. The molecular formula is C52H92O8. The molecule has 0 saturated heterocycles. The molecule has 0 aliphatic heterocycles. The second kappa shape index (κ2) is 69.6. The molecule has 0 spiro atoms. The van der Waals surface area contributed by atoms with Crippen molar-refractivity contribution in [3.05, 3.63) is 156 Å². The first-order valence-corrected chi connectivity index (χ1v) is 22.1. The van der Waals surface area contributed by atoms with E-state index in [0.717, 1.165) is 11.1 Å². The van der Waals surface area contributed by atoms with Gasteiger partial charge in [-0.2, -0.15) is 0 Å². The molecule has 0 fully saturated rings. The Kier molecular flexibility index (Phi) is 85.4. The second-order valence-corrected chi connectivity index (χ2v) is 9.20. The van der Waals surface area contributed by atoms with E-state index in [1.54, 1.807) is 60.7 Å². The minimum absolute atomic E-state index is 0.106. The molecule has 0 aliphatic rings. The molecule has 0 bridgehead atoms. The summed E-state index contributed by atoms with van der Waals surface area (Å²) in [7, 11) is 0. The van der Waals surface area contributed by atoms with Gasteiger partial charge in [-0.25, -0.2) is 0 Å². The number of aliphatic hydroxyl groups excluding tert-OH is 8. The zero-order chi connectivity index (χ0) is 48.4. The molecule has 60 heavy (non-hydrogen) atoms. The van der Waals surface area contributed by atoms with Gasteiger partial charge in [0, 0.05) is 0 Å². The summed E-state index contributed by atoms with van der Waals surface area (Å²) >= 11 is 0. The lowest BCUT2D eigenvalue weighted by molar-refractivity contribution is -0.0152. The molecule has 0 radical (unpaired) electrons. The van der Waals surface area contributed by atoms with E-state index in [4.69, 9.17) is 30.6 Å². The lowest BCUT2D eigenvalue weighted by Crippen LogP contribution is -2.21. The first kappa shape index (κ1) is 73.6. The largest absolute Gasteiger partial charge is 0.394 e. The van der Waals surface area contributed by atoms with Crippen LogP contribution in [0.2, 0.25) is 0 Å². The maximum absolute atomic E-state index is 9.38. The Morgan fingerprint density at radius 2 is 0.533 bits per heavy atom. The minimum Gasteiger partial charge on any atom is -0.394 e. The van der Waals surface area contributed by atoms with Crippen molar-refractivity contribution in [2.24, 2.45) is 0 Å². The molecular weight excluding hydrogens is 753 g/mol. The van der Waals surface area contributed by atoms with Gasteiger partial charge in [0.05, 0.1) is 26.4 Å². The predicted octanol–water partition coefficient (Wildman–Crippen LogP) is 11.7. The molecule has 0 heterocycles. The van der Waals surface area contributed by atoms with Crippen molar-refractivity contribution in [2.75, 3.05) is 26.4 Å². The molecule has 0 aromatic heterocycles. The summed E-state index contributed by atoms with van der Waals surface area (Å²) in [5.74, 6) is 0. The van der Waals surface area contributed by atoms with Crippen LogP contribution in [0.5, 0.6) is 0 Å². The predicted molar refractivity (Wildman–Crippen MR) is 265 cm³/mol. The van der Waals surface area contributed by atoms with Gasteiger partial charge < -0.3 is 40.9 Å². The summed E-state index contributed by atoms with van der Waals surface area (Å²) in [4.78, 5) is 0. The first-order valence-electron chi connectivity index (χ1n) is 22.1. The SMILES string of the molecule is CC.CC.CC.CC.CC.CC.CC.CC.OC/C=C/c1ccccc1.OC/C=C/c1ccccc1.OCC(O)C(O)c1ccccc1.OCC(O)C(O)c1ccccc1. The van der Waals surface area contributed by atoms with E-state index in [1.807, 2.05) is 196 Å². The zero-order valence-corrected chi connectivity index (χ0v) is 40.6. The Morgan fingerprint density at radius 3 is 0.717 bits per heavy atom. The summed E-state index contributed by atoms with van der Waals surface area (Å²) in [6, 6.07) is 37.3. The summed E-state index contributed by atoms with van der Waals surface area (Å²) in [5, 5.41) is 70.9. The Balaban J connectivity index is -0.0000000900. The molecule has 8 nitrogen and oxygen atoms in total. The summed E-state index contributed by atoms with van der Waals surface area (Å²) in [6.45, 7) is 31.3. The normalized spacial score (nSPS) is 10.5. The second-order valence-electron chi connectivity index (χ2n) is 9.20. The fraction of sp³-hybridized carbons (Fsp3) is 0.462. The molecule has 4 rings (SSSR count). The van der Waals surface area contributed by atoms with Crippen LogP contribution in [0, 0.1) is 0 Å². The number of hydrogen-bond acceptors (Lipinski definition) is 8. The average molecular weight is 845 g/mol. The Hall–Kier alpha value is -3.96. The molecule has 4 aromatic carbocycles. The van der Waals surface area contributed by atoms with Gasteiger partial charge >= 0.3 is 0 Å². The van der Waals surface area contributed by atoms with E-state index in [0.29, 0.717) is 11.1 Å². The van der Waals surface area contributed by atoms with Gasteiger partial charge in [0.1, 0.15) is 24.4 Å². The third kappa shape index (κ3) is 48.4. The standard InChI is InChI=1S/2C9H12O3.2C9H10O.8C2H6/c2*10-6-8(11)9(12)7-4-2-1-3-5-7;2*10-8-4-7-9-5-2-1-3-6-9;8*1-2/h2*1-5,8-12H,6H2;2*1-7,10H,8H2;8*1-2H3/b;;2*7-4+;;;;;;;;. The van der Waals surface area contributed by atoms with Crippen LogP contribution >= 0.6 is 0 Å². The van der Waals surface area contributed by atoms with Gasteiger partial charge in [0.2, 0.25) is 0 Å². The van der Waals surface area contributed by atoms with Crippen LogP contribution in [-0.2, 0) is 0 Å². The Morgan fingerprint density at radius 1 is 0.333 bits per heavy atom. The topological polar surface area (TPSA) is 162 Å². The van der Waals surface area contributed by atoms with Crippen LogP contribution in [0.3, 0.4) is 0 Å². The smallest absolute Gasteiger partial charge is 0.107 e. The Bertz CT molecular complexity index is 1160. The maximum Gasteiger partial charge on any atom is 0.107 e. The van der Waals surface area contributed by atoms with Crippen LogP contribution in [0.15, 0.2) is 133 Å². The lowest BCUT2D eigenvalue weighted by atomic mass is 10.1.